The number of nitrogens with one attached hydrogen (secondary N) is 2. The molecule has 2 rings (SSSR count). The summed E-state index contributed by atoms with van der Waals surface area (Å²) in [4.78, 5) is 22.3. The summed E-state index contributed by atoms with van der Waals surface area (Å²) in [7, 11) is 0. The lowest BCUT2D eigenvalue weighted by molar-refractivity contribution is -0.123. The number of aromatic nitrogens is 2. The Morgan fingerprint density at radius 2 is 2.29 bits per heavy atom. The van der Waals surface area contributed by atoms with Gasteiger partial charge in [0.15, 0.2) is 5.69 Å². The summed E-state index contributed by atoms with van der Waals surface area (Å²) in [5, 5.41) is 13.2. The molecule has 1 aliphatic heterocycles. The fraction of sp³-hybridized carbons (Fsp3) is 0.400. The van der Waals surface area contributed by atoms with E-state index in [0.29, 0.717) is 12.4 Å². The molecule has 4 N–H and O–H groups in total. The number of carbonyl (C=O) groups excluding carboxylic acids is 2. The molecule has 7 nitrogen and oxygen atoms in total. The molecule has 1 saturated heterocycles. The fourth-order valence-electron chi connectivity index (χ4n) is 1.63. The lowest BCUT2D eigenvalue weighted by Gasteiger charge is -2.22. The Kier molecular flexibility index (Phi) is 3.17. The van der Waals surface area contributed by atoms with E-state index in [1.165, 1.54) is 6.07 Å². The van der Waals surface area contributed by atoms with E-state index in [1.807, 2.05) is 0 Å². The molecule has 1 unspecified atom stereocenters. The van der Waals surface area contributed by atoms with Crippen molar-refractivity contribution in [2.75, 3.05) is 11.9 Å². The fourth-order valence-corrected chi connectivity index (χ4v) is 1.63. The number of primary amides is 1. The number of anilines is 1. The third-order valence-electron chi connectivity index (χ3n) is 2.52. The summed E-state index contributed by atoms with van der Waals surface area (Å²) in [5.41, 5.74) is 5.14. The van der Waals surface area contributed by atoms with Crippen LogP contribution in [-0.4, -0.2) is 34.6 Å². The molecule has 0 radical (unpaired) electrons. The van der Waals surface area contributed by atoms with E-state index in [1.54, 1.807) is 6.07 Å². The zero-order chi connectivity index (χ0) is 12.3. The molecular weight excluding hydrogens is 222 g/mol. The Morgan fingerprint density at radius 1 is 1.47 bits per heavy atom. The maximum Gasteiger partial charge on any atom is 0.269 e. The van der Waals surface area contributed by atoms with E-state index in [4.69, 9.17) is 5.73 Å². The number of piperidine rings is 1. The molecule has 1 aromatic rings. The molecule has 90 valence electrons. The maximum atomic E-state index is 11.5. The third-order valence-corrected chi connectivity index (χ3v) is 2.52. The summed E-state index contributed by atoms with van der Waals surface area (Å²) in [5.74, 6) is -0.214. The number of hydrogen-bond donors (Lipinski definition) is 3. The van der Waals surface area contributed by atoms with Gasteiger partial charge in [0, 0.05) is 6.54 Å². The molecule has 0 saturated carbocycles. The zero-order valence-electron chi connectivity index (χ0n) is 9.14. The van der Waals surface area contributed by atoms with Gasteiger partial charge in [-0.25, -0.2) is 0 Å². The highest BCUT2D eigenvalue weighted by Crippen LogP contribution is 2.10. The second-order valence-electron chi connectivity index (χ2n) is 3.80. The highest BCUT2D eigenvalue weighted by atomic mass is 16.2. The minimum Gasteiger partial charge on any atom is -0.364 e. The van der Waals surface area contributed by atoms with Gasteiger partial charge in [-0.2, -0.15) is 0 Å². The second-order valence-corrected chi connectivity index (χ2v) is 3.80. The number of nitrogens with zero attached hydrogens (tertiary/aromatic N) is 2. The first-order chi connectivity index (χ1) is 8.16. The van der Waals surface area contributed by atoms with Crippen LogP contribution in [0, 0.1) is 0 Å². The largest absolute Gasteiger partial charge is 0.364 e. The van der Waals surface area contributed by atoms with Crippen LogP contribution in [0.4, 0.5) is 5.82 Å². The smallest absolute Gasteiger partial charge is 0.269 e. The minimum absolute atomic E-state index is 0.0444. The van der Waals surface area contributed by atoms with Gasteiger partial charge in [-0.1, -0.05) is 0 Å². The predicted molar refractivity (Wildman–Crippen MR) is 60.2 cm³/mol. The van der Waals surface area contributed by atoms with Gasteiger partial charge in [-0.3, -0.25) is 9.59 Å². The van der Waals surface area contributed by atoms with Gasteiger partial charge in [0.25, 0.3) is 5.91 Å². The van der Waals surface area contributed by atoms with Crippen LogP contribution in [0.2, 0.25) is 0 Å². The predicted octanol–water partition coefficient (Wildman–Crippen LogP) is -0.734. The molecule has 2 amide bonds. The van der Waals surface area contributed by atoms with Crippen molar-refractivity contribution >= 4 is 17.6 Å². The molecule has 0 aromatic carbocycles. The molecular formula is C10H13N5O2. The van der Waals surface area contributed by atoms with Gasteiger partial charge < -0.3 is 16.4 Å². The number of nitrogens with two attached hydrogens (primary N) is 1. The zero-order valence-corrected chi connectivity index (χ0v) is 9.14. The van der Waals surface area contributed by atoms with Crippen LogP contribution in [-0.2, 0) is 4.79 Å². The lowest BCUT2D eigenvalue weighted by atomic mass is 10.1. The molecule has 1 aromatic heterocycles. The Labute approximate surface area is 97.8 Å². The van der Waals surface area contributed by atoms with Gasteiger partial charge in [-0.05, 0) is 25.0 Å². The molecule has 0 aliphatic carbocycles. The van der Waals surface area contributed by atoms with Crippen LogP contribution < -0.4 is 16.4 Å². The van der Waals surface area contributed by atoms with Crippen LogP contribution in [0.3, 0.4) is 0 Å². The average Bonchev–Trinajstić information content (AvgIpc) is 2.33. The van der Waals surface area contributed by atoms with Crippen LogP contribution in [0.25, 0.3) is 0 Å². The highest BCUT2D eigenvalue weighted by molar-refractivity contribution is 5.90. The first-order valence-corrected chi connectivity index (χ1v) is 5.34. The first-order valence-electron chi connectivity index (χ1n) is 5.34. The third kappa shape index (κ3) is 2.68. The van der Waals surface area contributed by atoms with Crippen molar-refractivity contribution in [3.8, 4) is 0 Å². The van der Waals surface area contributed by atoms with E-state index in [9.17, 15) is 9.59 Å². The molecule has 1 atom stereocenters. The SMILES string of the molecule is NC(=O)c1ccc(NC2CCCNC2=O)nn1. The van der Waals surface area contributed by atoms with Crippen LogP contribution in [0.15, 0.2) is 12.1 Å². The molecule has 1 aliphatic rings. The summed E-state index contributed by atoms with van der Waals surface area (Å²) >= 11 is 0. The Morgan fingerprint density at radius 3 is 2.88 bits per heavy atom. The Hall–Kier alpha value is -2.18. The van der Waals surface area contributed by atoms with Crippen molar-refractivity contribution in [3.63, 3.8) is 0 Å². The van der Waals surface area contributed by atoms with E-state index >= 15 is 0 Å². The van der Waals surface area contributed by atoms with Crippen molar-refractivity contribution in [3.05, 3.63) is 17.8 Å². The topological polar surface area (TPSA) is 110 Å². The van der Waals surface area contributed by atoms with Gasteiger partial charge in [0.2, 0.25) is 5.91 Å². The summed E-state index contributed by atoms with van der Waals surface area (Å²) in [6, 6.07) is 2.75. The van der Waals surface area contributed by atoms with Crippen molar-refractivity contribution in [1.82, 2.24) is 15.5 Å². The summed E-state index contributed by atoms with van der Waals surface area (Å²) in [6.45, 7) is 0.712. The molecule has 7 heteroatoms. The van der Waals surface area contributed by atoms with Crippen LogP contribution in [0.1, 0.15) is 23.3 Å². The van der Waals surface area contributed by atoms with Crippen LogP contribution in [0.5, 0.6) is 0 Å². The molecule has 1 fully saturated rings. The molecule has 17 heavy (non-hydrogen) atoms. The van der Waals surface area contributed by atoms with Gasteiger partial charge in [-0.15, -0.1) is 10.2 Å². The van der Waals surface area contributed by atoms with E-state index < -0.39 is 5.91 Å². The number of amides is 2. The normalized spacial score (nSPS) is 19.5. The number of carbonyl (C=O) groups is 2. The Bertz CT molecular complexity index is 431. The standard InChI is InChI=1S/C10H13N5O2/c11-9(16)6-3-4-8(15-14-6)13-7-2-1-5-12-10(7)17/h3-4,7H,1-2,5H2,(H2,11,16)(H,12,17)(H,13,15). The molecule has 0 spiro atoms. The lowest BCUT2D eigenvalue weighted by Crippen LogP contribution is -2.44. The monoisotopic (exact) mass is 235 g/mol. The first kappa shape index (κ1) is 11.3. The van der Waals surface area contributed by atoms with Gasteiger partial charge >= 0.3 is 0 Å². The van der Waals surface area contributed by atoms with E-state index in [2.05, 4.69) is 20.8 Å². The summed E-state index contributed by atoms with van der Waals surface area (Å²) < 4.78 is 0. The average molecular weight is 235 g/mol. The highest BCUT2D eigenvalue weighted by Gasteiger charge is 2.21. The van der Waals surface area contributed by atoms with Crippen molar-refractivity contribution in [1.29, 1.82) is 0 Å². The number of hydrogen-bond acceptors (Lipinski definition) is 5. The van der Waals surface area contributed by atoms with E-state index in [0.717, 1.165) is 12.8 Å². The maximum absolute atomic E-state index is 11.5. The van der Waals surface area contributed by atoms with E-state index in [-0.39, 0.29) is 17.6 Å². The minimum atomic E-state index is -0.626. The van der Waals surface area contributed by atoms with Gasteiger partial charge in [0.1, 0.15) is 11.9 Å². The Balaban J connectivity index is 2.03. The molecule has 0 bridgehead atoms. The van der Waals surface area contributed by atoms with Crippen molar-refractivity contribution in [2.45, 2.75) is 18.9 Å². The quantitative estimate of drug-likeness (QED) is 0.639. The van der Waals surface area contributed by atoms with Gasteiger partial charge in [0.05, 0.1) is 0 Å². The van der Waals surface area contributed by atoms with Crippen molar-refractivity contribution in [2.24, 2.45) is 5.73 Å². The van der Waals surface area contributed by atoms with Crippen LogP contribution >= 0.6 is 0 Å². The number of rotatable bonds is 3. The summed E-state index contributed by atoms with van der Waals surface area (Å²) in [6.07, 6.45) is 1.68. The second kappa shape index (κ2) is 4.77. The molecule has 2 heterocycles. The van der Waals surface area contributed by atoms with Crippen molar-refractivity contribution < 1.29 is 9.59 Å².